The van der Waals surface area contributed by atoms with Crippen LogP contribution in [0.15, 0.2) is 60.6 Å². The summed E-state index contributed by atoms with van der Waals surface area (Å²) in [5, 5.41) is 5.51. The third-order valence-corrected chi connectivity index (χ3v) is 12.5. The van der Waals surface area contributed by atoms with Crippen LogP contribution in [-0.2, 0) is 19.1 Å². The van der Waals surface area contributed by atoms with Crippen molar-refractivity contribution in [3.05, 3.63) is 77.9 Å². The average molecular weight is 836 g/mol. The zero-order valence-corrected chi connectivity index (χ0v) is 36.2. The number of hydrogen-bond acceptors (Lipinski definition) is 10. The minimum absolute atomic E-state index is 0.0631. The molecule has 2 aromatic heterocycles. The molecule has 3 aromatic rings. The highest BCUT2D eigenvalue weighted by atomic mass is 16.5. The molecule has 8 rings (SSSR count). The van der Waals surface area contributed by atoms with Crippen molar-refractivity contribution in [1.82, 2.24) is 40.4 Å². The molecule has 16 heteroatoms. The number of likely N-dealkylation sites (tertiary alicyclic amines) is 2. The van der Waals surface area contributed by atoms with Crippen LogP contribution in [0.1, 0.15) is 103 Å². The lowest BCUT2D eigenvalue weighted by Crippen LogP contribution is -2.54. The molecule has 0 radical (unpaired) electrons. The highest BCUT2D eigenvalue weighted by Gasteiger charge is 2.44. The number of amides is 4. The number of allylic oxidation sites excluding steroid dienone is 2. The number of aromatic amines is 2. The summed E-state index contributed by atoms with van der Waals surface area (Å²) in [5.41, 5.74) is 4.61. The van der Waals surface area contributed by atoms with E-state index in [4.69, 9.17) is 24.2 Å². The van der Waals surface area contributed by atoms with E-state index in [0.717, 1.165) is 65.2 Å². The lowest BCUT2D eigenvalue weighted by atomic mass is 9.85. The van der Waals surface area contributed by atoms with E-state index in [1.54, 1.807) is 6.20 Å². The molecule has 0 spiro atoms. The number of nitrogens with zero attached hydrogens (tertiary/aromatic N) is 5. The van der Waals surface area contributed by atoms with Crippen molar-refractivity contribution in [2.24, 2.45) is 10.8 Å². The molecule has 324 valence electrons. The largest absolute Gasteiger partial charge is 0.485 e. The monoisotopic (exact) mass is 835 g/mol. The van der Waals surface area contributed by atoms with Crippen LogP contribution in [-0.4, -0.2) is 105 Å². The number of alkyl carbamates (subject to hydrolysis) is 2. The Morgan fingerprint density at radius 1 is 0.803 bits per heavy atom. The van der Waals surface area contributed by atoms with Crippen LogP contribution in [0.5, 0.6) is 5.75 Å². The van der Waals surface area contributed by atoms with Crippen molar-refractivity contribution >= 4 is 35.3 Å². The van der Waals surface area contributed by atoms with E-state index in [1.165, 1.54) is 14.2 Å². The van der Waals surface area contributed by atoms with Gasteiger partial charge in [0.25, 0.3) is 0 Å². The van der Waals surface area contributed by atoms with Crippen LogP contribution in [0.4, 0.5) is 15.3 Å². The Hall–Kier alpha value is -6.06. The SMILES string of the molecule is COC(=O)N[C@H](C(=O)N1CCC[C@H]1c1ncc(C2=C3C=CN4c5ccc(-c6cnc([C@@H]7CCCN7C(=O)[C@@H](NC(=O)OC)C(C)(C)C)[nH]6)cc5OC(CC=C2)C34)[nH]1)C(C)(C)C. The fourth-order valence-corrected chi connectivity index (χ4v) is 9.32. The first-order chi connectivity index (χ1) is 29.1. The molecule has 4 N–H and O–H groups in total. The Morgan fingerprint density at radius 3 is 1.92 bits per heavy atom. The number of rotatable bonds is 8. The number of imidazole rings is 2. The summed E-state index contributed by atoms with van der Waals surface area (Å²) in [5.74, 6) is 1.85. The molecule has 4 aliphatic heterocycles. The minimum atomic E-state index is -0.760. The van der Waals surface area contributed by atoms with Crippen molar-refractivity contribution < 1.29 is 33.4 Å². The van der Waals surface area contributed by atoms with Gasteiger partial charge in [0, 0.05) is 36.8 Å². The summed E-state index contributed by atoms with van der Waals surface area (Å²) in [6.07, 6.45) is 14.6. The molecular weight excluding hydrogens is 779 g/mol. The Balaban J connectivity index is 1.00. The van der Waals surface area contributed by atoms with Crippen LogP contribution in [0.3, 0.4) is 0 Å². The van der Waals surface area contributed by atoms with E-state index in [0.29, 0.717) is 31.2 Å². The standard InChI is InChI=1S/C45H57N9O7/c1-44(2,3)36(50-42(57)59-7)40(55)53-19-10-13-31(53)38-46-23-28(48-38)25-16-17-30-34(22-25)61-33-15-9-12-26(27-18-21-52(30)35(27)33)29-24-47-39(49-29)32-14-11-20-54(32)41(56)37(45(4,5)6)51-43(58)60-8/h9,12,16-18,21-24,31-33,35-37H,10-11,13-15,19-20H2,1-8H3,(H,46,48)(H,47,49)(H,50,57)(H,51,58)/t31-,32-,33?,35?,36+,37+/m0/s1. The van der Waals surface area contributed by atoms with Crippen molar-refractivity contribution in [1.29, 1.82) is 0 Å². The highest BCUT2D eigenvalue weighted by molar-refractivity contribution is 5.88. The number of aromatic nitrogens is 4. The van der Waals surface area contributed by atoms with Gasteiger partial charge in [-0.25, -0.2) is 19.6 Å². The summed E-state index contributed by atoms with van der Waals surface area (Å²) >= 11 is 0. The van der Waals surface area contributed by atoms with Gasteiger partial charge in [0.15, 0.2) is 0 Å². The molecule has 4 amide bonds. The van der Waals surface area contributed by atoms with Crippen LogP contribution < -0.4 is 20.3 Å². The molecular formula is C45H57N9O7. The average Bonchev–Trinajstić information content (AvgIpc) is 4.08. The van der Waals surface area contributed by atoms with Crippen LogP contribution >= 0.6 is 0 Å². The van der Waals surface area contributed by atoms with Crippen LogP contribution in [0.25, 0.3) is 16.8 Å². The summed E-state index contributed by atoms with van der Waals surface area (Å²) in [6, 6.07) is 4.08. The van der Waals surface area contributed by atoms with E-state index in [2.05, 4.69) is 62.1 Å². The molecule has 2 fully saturated rings. The van der Waals surface area contributed by atoms with Gasteiger partial charge in [-0.05, 0) is 60.3 Å². The number of carbonyl (C=O) groups excluding carboxylic acids is 4. The van der Waals surface area contributed by atoms with Gasteiger partial charge in [-0.15, -0.1) is 0 Å². The van der Waals surface area contributed by atoms with E-state index in [-0.39, 0.29) is 36.0 Å². The van der Waals surface area contributed by atoms with Crippen LogP contribution in [0.2, 0.25) is 0 Å². The summed E-state index contributed by atoms with van der Waals surface area (Å²) in [7, 11) is 2.59. The lowest BCUT2D eigenvalue weighted by molar-refractivity contribution is -0.137. The molecule has 61 heavy (non-hydrogen) atoms. The highest BCUT2D eigenvalue weighted by Crippen LogP contribution is 2.47. The number of benzene rings is 1. The fraction of sp³-hybridized carbons (Fsp3) is 0.511. The number of hydrogen-bond donors (Lipinski definition) is 4. The maximum absolute atomic E-state index is 14.0. The molecule has 1 aromatic carbocycles. The summed E-state index contributed by atoms with van der Waals surface area (Å²) in [4.78, 5) is 74.8. The molecule has 6 atom stereocenters. The number of ether oxygens (including phenoxy) is 3. The van der Waals surface area contributed by atoms with E-state index < -0.39 is 35.1 Å². The molecule has 2 saturated heterocycles. The maximum Gasteiger partial charge on any atom is 0.407 e. The van der Waals surface area contributed by atoms with Crippen molar-refractivity contribution in [2.45, 2.75) is 110 Å². The number of fused-ring (bicyclic) bond motifs is 2. The van der Waals surface area contributed by atoms with Crippen molar-refractivity contribution in [2.75, 3.05) is 32.2 Å². The Morgan fingerprint density at radius 2 is 1.36 bits per heavy atom. The van der Waals surface area contributed by atoms with E-state index in [1.807, 2.05) is 63.6 Å². The first-order valence-corrected chi connectivity index (χ1v) is 21.2. The van der Waals surface area contributed by atoms with Gasteiger partial charge in [-0.1, -0.05) is 59.8 Å². The van der Waals surface area contributed by atoms with Crippen molar-refractivity contribution in [3.63, 3.8) is 0 Å². The quantitative estimate of drug-likeness (QED) is 0.194. The van der Waals surface area contributed by atoms with E-state index in [9.17, 15) is 19.2 Å². The smallest absolute Gasteiger partial charge is 0.407 e. The first kappa shape index (κ1) is 41.7. The predicted octanol–water partition coefficient (Wildman–Crippen LogP) is 6.55. The Labute approximate surface area is 356 Å². The maximum atomic E-state index is 14.0. The first-order valence-electron chi connectivity index (χ1n) is 21.2. The second-order valence-corrected chi connectivity index (χ2v) is 18.6. The number of methoxy groups -OCH3 is 2. The molecule has 5 aliphatic rings. The topological polar surface area (TPSA) is 187 Å². The van der Waals surface area contributed by atoms with Gasteiger partial charge in [0.05, 0.1) is 61.8 Å². The minimum Gasteiger partial charge on any atom is -0.485 e. The number of nitrogens with one attached hydrogen (secondary N) is 4. The normalized spacial score (nSPS) is 22.9. The van der Waals surface area contributed by atoms with Gasteiger partial charge < -0.3 is 49.5 Å². The van der Waals surface area contributed by atoms with E-state index >= 15 is 0 Å². The summed E-state index contributed by atoms with van der Waals surface area (Å²) < 4.78 is 16.5. The molecule has 0 bridgehead atoms. The Bertz CT molecular complexity index is 2300. The van der Waals surface area contributed by atoms with Gasteiger partial charge in [-0.2, -0.15) is 0 Å². The predicted molar refractivity (Wildman–Crippen MR) is 228 cm³/mol. The lowest BCUT2D eigenvalue weighted by Gasteiger charge is -2.39. The zero-order chi connectivity index (χ0) is 43.4. The third kappa shape index (κ3) is 7.87. The van der Waals surface area contributed by atoms with Crippen LogP contribution in [0, 0.1) is 10.8 Å². The second-order valence-electron chi connectivity index (χ2n) is 18.6. The molecule has 2 unspecified atom stereocenters. The molecule has 16 nitrogen and oxygen atoms in total. The van der Waals surface area contributed by atoms with Gasteiger partial charge >= 0.3 is 12.2 Å². The van der Waals surface area contributed by atoms with Crippen molar-refractivity contribution in [3.8, 4) is 17.0 Å². The van der Waals surface area contributed by atoms with Gasteiger partial charge in [0.2, 0.25) is 11.8 Å². The number of H-pyrrole nitrogens is 2. The molecule has 1 aliphatic carbocycles. The van der Waals surface area contributed by atoms with Gasteiger partial charge in [-0.3, -0.25) is 9.59 Å². The molecule has 6 heterocycles. The third-order valence-electron chi connectivity index (χ3n) is 12.5. The summed E-state index contributed by atoms with van der Waals surface area (Å²) in [6.45, 7) is 12.7. The van der Waals surface area contributed by atoms with Gasteiger partial charge in [0.1, 0.15) is 35.6 Å². The molecule has 0 saturated carbocycles. The number of anilines is 1. The number of carbonyl (C=O) groups is 4. The zero-order valence-electron chi connectivity index (χ0n) is 36.2. The fourth-order valence-electron chi connectivity index (χ4n) is 9.32. The second kappa shape index (κ2) is 16.1. The Kier molecular flexibility index (Phi) is 11.0.